The molecular weight excluding hydrogens is 304 g/mol. The van der Waals surface area contributed by atoms with Crippen molar-refractivity contribution in [2.45, 2.75) is 39.2 Å². The molecule has 0 spiro atoms. The average Bonchev–Trinajstić information content (AvgIpc) is 2.52. The van der Waals surface area contributed by atoms with Crippen LogP contribution in [0.3, 0.4) is 0 Å². The molecule has 0 fully saturated rings. The van der Waals surface area contributed by atoms with Crippen molar-refractivity contribution in [2.75, 3.05) is 0 Å². The van der Waals surface area contributed by atoms with Gasteiger partial charge < -0.3 is 9.84 Å². The number of carboxylic acid groups (broad SMARTS) is 1. The summed E-state index contributed by atoms with van der Waals surface area (Å²) < 4.78 is 5.34. The van der Waals surface area contributed by atoms with Crippen LogP contribution in [-0.4, -0.2) is 22.6 Å². The van der Waals surface area contributed by atoms with Crippen molar-refractivity contribution >= 4 is 11.9 Å². The van der Waals surface area contributed by atoms with Crippen molar-refractivity contribution in [3.05, 3.63) is 59.7 Å². The Balaban J connectivity index is 2.07. The quantitative estimate of drug-likeness (QED) is 0.831. The Hall–Kier alpha value is -2.62. The summed E-state index contributed by atoms with van der Waals surface area (Å²) in [6.45, 7) is 5.52. The van der Waals surface area contributed by atoms with Crippen LogP contribution in [0.15, 0.2) is 48.5 Å². The summed E-state index contributed by atoms with van der Waals surface area (Å²) in [6, 6.07) is 15.0. The predicted octanol–water partition coefficient (Wildman–Crippen LogP) is 4.33. The van der Waals surface area contributed by atoms with E-state index in [0.29, 0.717) is 12.0 Å². The Morgan fingerprint density at radius 3 is 1.88 bits per heavy atom. The lowest BCUT2D eigenvalue weighted by Crippen LogP contribution is -2.23. The second kappa shape index (κ2) is 7.30. The van der Waals surface area contributed by atoms with E-state index in [9.17, 15) is 9.59 Å². The van der Waals surface area contributed by atoms with Gasteiger partial charge in [-0.2, -0.15) is 0 Å². The second-order valence-corrected chi connectivity index (χ2v) is 6.67. The van der Waals surface area contributed by atoms with Crippen LogP contribution in [0.4, 0.5) is 0 Å². The molecule has 0 saturated heterocycles. The maximum atomic E-state index is 12.0. The van der Waals surface area contributed by atoms with Gasteiger partial charge in [0, 0.05) is 6.42 Å². The lowest BCUT2D eigenvalue weighted by atomic mass is 10.0. The molecule has 4 heteroatoms. The molecule has 0 aliphatic rings. The highest BCUT2D eigenvalue weighted by atomic mass is 16.6. The first-order valence-electron chi connectivity index (χ1n) is 7.89. The molecule has 0 unspecified atom stereocenters. The number of carboxylic acids is 1. The molecule has 0 radical (unpaired) electrons. The van der Waals surface area contributed by atoms with Gasteiger partial charge in [-0.05, 0) is 56.0 Å². The molecule has 0 heterocycles. The smallest absolute Gasteiger partial charge is 0.338 e. The molecule has 2 rings (SSSR count). The van der Waals surface area contributed by atoms with Crippen LogP contribution in [0, 0.1) is 0 Å². The number of esters is 1. The number of carbonyl (C=O) groups excluding carboxylic acids is 1. The molecule has 2 aromatic carbocycles. The van der Waals surface area contributed by atoms with E-state index in [1.165, 1.54) is 0 Å². The molecule has 0 aromatic heterocycles. The highest BCUT2D eigenvalue weighted by Crippen LogP contribution is 2.22. The van der Waals surface area contributed by atoms with E-state index in [0.717, 1.165) is 16.7 Å². The first-order chi connectivity index (χ1) is 11.2. The number of hydrogen-bond donors (Lipinski definition) is 1. The summed E-state index contributed by atoms with van der Waals surface area (Å²) in [5.74, 6) is -1.13. The SMILES string of the molecule is CC(C)(C)OC(=O)c1ccc(-c2ccc(CCC(=O)O)cc2)cc1. The Labute approximate surface area is 142 Å². The Bertz CT molecular complexity index is 707. The summed E-state index contributed by atoms with van der Waals surface area (Å²) in [6.07, 6.45) is 0.650. The van der Waals surface area contributed by atoms with Crippen LogP contribution in [0.1, 0.15) is 43.1 Å². The number of aliphatic carboxylic acids is 1. The zero-order valence-corrected chi connectivity index (χ0v) is 14.2. The highest BCUT2D eigenvalue weighted by molar-refractivity contribution is 5.90. The van der Waals surface area contributed by atoms with Gasteiger partial charge in [-0.15, -0.1) is 0 Å². The summed E-state index contributed by atoms with van der Waals surface area (Å²) in [4.78, 5) is 22.6. The van der Waals surface area contributed by atoms with E-state index in [2.05, 4.69) is 0 Å². The van der Waals surface area contributed by atoms with Gasteiger partial charge in [0.05, 0.1) is 5.56 Å². The van der Waals surface area contributed by atoms with Crippen LogP contribution in [0.25, 0.3) is 11.1 Å². The fourth-order valence-corrected chi connectivity index (χ4v) is 2.25. The molecule has 2 aromatic rings. The van der Waals surface area contributed by atoms with Gasteiger partial charge in [-0.25, -0.2) is 4.79 Å². The zero-order valence-electron chi connectivity index (χ0n) is 14.2. The van der Waals surface area contributed by atoms with E-state index >= 15 is 0 Å². The van der Waals surface area contributed by atoms with Gasteiger partial charge in [0.1, 0.15) is 5.60 Å². The third kappa shape index (κ3) is 5.23. The molecule has 1 N–H and O–H groups in total. The van der Waals surface area contributed by atoms with Crippen molar-refractivity contribution in [3.8, 4) is 11.1 Å². The summed E-state index contributed by atoms with van der Waals surface area (Å²) in [5, 5.41) is 8.71. The molecular formula is C20H22O4. The van der Waals surface area contributed by atoms with E-state index in [1.54, 1.807) is 12.1 Å². The maximum absolute atomic E-state index is 12.0. The molecule has 126 valence electrons. The minimum Gasteiger partial charge on any atom is -0.481 e. The third-order valence-electron chi connectivity index (χ3n) is 3.43. The Kier molecular flexibility index (Phi) is 5.39. The topological polar surface area (TPSA) is 63.6 Å². The summed E-state index contributed by atoms with van der Waals surface area (Å²) >= 11 is 0. The molecule has 0 aliphatic heterocycles. The van der Waals surface area contributed by atoms with Crippen LogP contribution in [-0.2, 0) is 16.0 Å². The first kappa shape index (κ1) is 17.7. The molecule has 24 heavy (non-hydrogen) atoms. The first-order valence-corrected chi connectivity index (χ1v) is 7.89. The standard InChI is InChI=1S/C20H22O4/c1-20(2,3)24-19(23)17-11-9-16(10-12-17)15-7-4-14(5-8-15)6-13-18(21)22/h4-5,7-12H,6,13H2,1-3H3,(H,21,22). The van der Waals surface area contributed by atoms with E-state index in [-0.39, 0.29) is 12.4 Å². The van der Waals surface area contributed by atoms with Gasteiger partial charge in [0.2, 0.25) is 0 Å². The van der Waals surface area contributed by atoms with Crippen molar-refractivity contribution in [2.24, 2.45) is 0 Å². The average molecular weight is 326 g/mol. The van der Waals surface area contributed by atoms with E-state index in [1.807, 2.05) is 57.2 Å². The monoisotopic (exact) mass is 326 g/mol. The van der Waals surface area contributed by atoms with Gasteiger partial charge in [-0.3, -0.25) is 4.79 Å². The number of ether oxygens (including phenoxy) is 1. The van der Waals surface area contributed by atoms with Crippen LogP contribution >= 0.6 is 0 Å². The predicted molar refractivity (Wildman–Crippen MR) is 93.0 cm³/mol. The molecule has 0 bridgehead atoms. The zero-order chi connectivity index (χ0) is 17.7. The number of aryl methyl sites for hydroxylation is 1. The number of hydrogen-bond acceptors (Lipinski definition) is 3. The lowest BCUT2D eigenvalue weighted by molar-refractivity contribution is -0.136. The number of benzene rings is 2. The van der Waals surface area contributed by atoms with E-state index in [4.69, 9.17) is 9.84 Å². The van der Waals surface area contributed by atoms with Crippen molar-refractivity contribution in [3.63, 3.8) is 0 Å². The fraction of sp³-hybridized carbons (Fsp3) is 0.300. The molecule has 0 atom stereocenters. The highest BCUT2D eigenvalue weighted by Gasteiger charge is 2.17. The van der Waals surface area contributed by atoms with Gasteiger partial charge in [0.15, 0.2) is 0 Å². The Morgan fingerprint density at radius 1 is 0.917 bits per heavy atom. The van der Waals surface area contributed by atoms with Gasteiger partial charge >= 0.3 is 11.9 Å². The number of carbonyl (C=O) groups is 2. The fourth-order valence-electron chi connectivity index (χ4n) is 2.25. The summed E-state index contributed by atoms with van der Waals surface area (Å²) in [5.41, 5.74) is 3.01. The van der Waals surface area contributed by atoms with Crippen molar-refractivity contribution in [1.29, 1.82) is 0 Å². The van der Waals surface area contributed by atoms with E-state index < -0.39 is 11.6 Å². The molecule has 0 amide bonds. The largest absolute Gasteiger partial charge is 0.481 e. The molecule has 0 saturated carbocycles. The maximum Gasteiger partial charge on any atom is 0.338 e. The minimum absolute atomic E-state index is 0.129. The van der Waals surface area contributed by atoms with Crippen LogP contribution in [0.5, 0.6) is 0 Å². The summed E-state index contributed by atoms with van der Waals surface area (Å²) in [7, 11) is 0. The third-order valence-corrected chi connectivity index (χ3v) is 3.43. The molecule has 0 aliphatic carbocycles. The number of rotatable bonds is 5. The normalized spacial score (nSPS) is 11.1. The molecule has 4 nitrogen and oxygen atoms in total. The minimum atomic E-state index is -0.795. The van der Waals surface area contributed by atoms with Crippen molar-refractivity contribution in [1.82, 2.24) is 0 Å². The van der Waals surface area contributed by atoms with Crippen LogP contribution in [0.2, 0.25) is 0 Å². The van der Waals surface area contributed by atoms with Gasteiger partial charge in [-0.1, -0.05) is 36.4 Å². The second-order valence-electron chi connectivity index (χ2n) is 6.67. The Morgan fingerprint density at radius 2 is 1.42 bits per heavy atom. The van der Waals surface area contributed by atoms with Crippen molar-refractivity contribution < 1.29 is 19.4 Å². The lowest BCUT2D eigenvalue weighted by Gasteiger charge is -2.19. The van der Waals surface area contributed by atoms with Crippen LogP contribution < -0.4 is 0 Å². The van der Waals surface area contributed by atoms with Gasteiger partial charge in [0.25, 0.3) is 0 Å².